The fourth-order valence-corrected chi connectivity index (χ4v) is 0.835. The average Bonchev–Trinajstić information content (AvgIpc) is 2.01. The van der Waals surface area contributed by atoms with Crippen LogP contribution >= 0.6 is 0 Å². The molecule has 0 aliphatic carbocycles. The van der Waals surface area contributed by atoms with Gasteiger partial charge in [0.05, 0.1) is 0 Å². The van der Waals surface area contributed by atoms with Gasteiger partial charge in [0.25, 0.3) is 5.91 Å². The van der Waals surface area contributed by atoms with E-state index in [-0.39, 0.29) is 5.69 Å². The Bertz CT molecular complexity index is 422. The SMILES string of the molecule is NC(=O)c1cc(=O)c(C(F)(F)F)c[nH]1. The second-order valence-electron chi connectivity index (χ2n) is 2.49. The fraction of sp³-hybridized carbons (Fsp3) is 0.143. The summed E-state index contributed by atoms with van der Waals surface area (Å²) in [6, 6.07) is 0.519. The molecule has 0 bridgehead atoms. The zero-order chi connectivity index (χ0) is 10.9. The molecule has 14 heavy (non-hydrogen) atoms. The number of amides is 1. The predicted octanol–water partition coefficient (Wildman–Crippen LogP) is 0.493. The monoisotopic (exact) mass is 206 g/mol. The van der Waals surface area contributed by atoms with E-state index in [0.29, 0.717) is 12.3 Å². The number of aromatic nitrogens is 1. The number of halogens is 3. The normalized spacial score (nSPS) is 11.4. The molecule has 76 valence electrons. The Morgan fingerprint density at radius 3 is 2.36 bits per heavy atom. The molecular formula is C7H5F3N2O2. The number of pyridine rings is 1. The molecule has 1 aromatic heterocycles. The number of nitrogens with two attached hydrogens (primary N) is 1. The van der Waals surface area contributed by atoms with Crippen LogP contribution in [0.1, 0.15) is 16.1 Å². The summed E-state index contributed by atoms with van der Waals surface area (Å²) < 4.78 is 36.1. The van der Waals surface area contributed by atoms with Crippen molar-refractivity contribution in [3.63, 3.8) is 0 Å². The minimum Gasteiger partial charge on any atom is -0.364 e. The largest absolute Gasteiger partial charge is 0.421 e. The minimum atomic E-state index is -4.73. The fourth-order valence-electron chi connectivity index (χ4n) is 0.835. The number of H-pyrrole nitrogens is 1. The first-order valence-corrected chi connectivity index (χ1v) is 3.42. The van der Waals surface area contributed by atoms with E-state index in [1.807, 2.05) is 4.98 Å². The Morgan fingerprint density at radius 1 is 1.43 bits per heavy atom. The Balaban J connectivity index is 3.29. The summed E-state index contributed by atoms with van der Waals surface area (Å²) >= 11 is 0. The topological polar surface area (TPSA) is 76.0 Å². The van der Waals surface area contributed by atoms with Crippen LogP contribution in [0.4, 0.5) is 13.2 Å². The first kappa shape index (κ1) is 10.3. The van der Waals surface area contributed by atoms with Gasteiger partial charge in [0.1, 0.15) is 11.3 Å². The lowest BCUT2D eigenvalue weighted by atomic mass is 10.2. The third-order valence-electron chi connectivity index (χ3n) is 1.48. The van der Waals surface area contributed by atoms with Gasteiger partial charge in [-0.3, -0.25) is 9.59 Å². The summed E-state index contributed by atoms with van der Waals surface area (Å²) in [6.07, 6.45) is -4.31. The third-order valence-corrected chi connectivity index (χ3v) is 1.48. The molecule has 1 aromatic rings. The van der Waals surface area contributed by atoms with Crippen LogP contribution in [0.25, 0.3) is 0 Å². The number of carbonyl (C=O) groups excluding carboxylic acids is 1. The van der Waals surface area contributed by atoms with Gasteiger partial charge in [0.15, 0.2) is 5.43 Å². The van der Waals surface area contributed by atoms with Crippen molar-refractivity contribution in [1.82, 2.24) is 4.98 Å². The first-order chi connectivity index (χ1) is 6.32. The lowest BCUT2D eigenvalue weighted by Gasteiger charge is -2.05. The van der Waals surface area contributed by atoms with Gasteiger partial charge in [-0.15, -0.1) is 0 Å². The molecular weight excluding hydrogens is 201 g/mol. The van der Waals surface area contributed by atoms with E-state index in [1.165, 1.54) is 0 Å². The Hall–Kier alpha value is -1.79. The van der Waals surface area contributed by atoms with Gasteiger partial charge in [0.2, 0.25) is 0 Å². The summed E-state index contributed by atoms with van der Waals surface area (Å²) in [4.78, 5) is 23.3. The van der Waals surface area contributed by atoms with Crippen LogP contribution in [-0.2, 0) is 6.18 Å². The molecule has 0 saturated heterocycles. The van der Waals surface area contributed by atoms with E-state index in [2.05, 4.69) is 0 Å². The second-order valence-corrected chi connectivity index (χ2v) is 2.49. The lowest BCUT2D eigenvalue weighted by molar-refractivity contribution is -0.138. The molecule has 0 aliphatic heterocycles. The molecule has 0 fully saturated rings. The van der Waals surface area contributed by atoms with Crippen molar-refractivity contribution in [2.24, 2.45) is 5.73 Å². The van der Waals surface area contributed by atoms with E-state index in [4.69, 9.17) is 5.73 Å². The highest BCUT2D eigenvalue weighted by Gasteiger charge is 2.33. The van der Waals surface area contributed by atoms with Crippen LogP contribution in [-0.4, -0.2) is 10.9 Å². The summed E-state index contributed by atoms with van der Waals surface area (Å²) in [6.45, 7) is 0. The summed E-state index contributed by atoms with van der Waals surface area (Å²) in [7, 11) is 0. The molecule has 1 rings (SSSR count). The molecule has 0 radical (unpaired) electrons. The van der Waals surface area contributed by atoms with Crippen LogP contribution in [0.15, 0.2) is 17.1 Å². The average molecular weight is 206 g/mol. The molecule has 1 heterocycles. The quantitative estimate of drug-likeness (QED) is 0.701. The van der Waals surface area contributed by atoms with Gasteiger partial charge in [0, 0.05) is 12.3 Å². The number of alkyl halides is 3. The number of hydrogen-bond donors (Lipinski definition) is 2. The van der Waals surface area contributed by atoms with E-state index in [9.17, 15) is 22.8 Å². The van der Waals surface area contributed by atoms with Gasteiger partial charge >= 0.3 is 6.18 Å². The van der Waals surface area contributed by atoms with Gasteiger partial charge < -0.3 is 10.7 Å². The molecule has 0 unspecified atom stereocenters. The van der Waals surface area contributed by atoms with E-state index in [1.54, 1.807) is 0 Å². The Kier molecular flexibility index (Phi) is 2.33. The molecule has 3 N–H and O–H groups in total. The Labute approximate surface area is 75.5 Å². The van der Waals surface area contributed by atoms with Crippen molar-refractivity contribution >= 4 is 5.91 Å². The standard InChI is InChI=1S/C7H5F3N2O2/c8-7(9,10)3-2-12-4(6(11)14)1-5(3)13/h1-2H,(H2,11,14)(H,12,13). The lowest BCUT2D eigenvalue weighted by Crippen LogP contribution is -2.23. The highest BCUT2D eigenvalue weighted by atomic mass is 19.4. The number of primary amides is 1. The second kappa shape index (κ2) is 3.17. The van der Waals surface area contributed by atoms with Crippen LogP contribution in [0.2, 0.25) is 0 Å². The summed E-state index contributed by atoms with van der Waals surface area (Å²) in [5.74, 6) is -0.990. The zero-order valence-corrected chi connectivity index (χ0v) is 6.68. The van der Waals surface area contributed by atoms with Crippen LogP contribution in [0.5, 0.6) is 0 Å². The molecule has 0 atom stereocenters. The van der Waals surface area contributed by atoms with E-state index < -0.39 is 23.1 Å². The van der Waals surface area contributed by atoms with Gasteiger partial charge in [-0.05, 0) is 0 Å². The number of nitrogens with one attached hydrogen (secondary N) is 1. The predicted molar refractivity (Wildman–Crippen MR) is 40.6 cm³/mol. The van der Waals surface area contributed by atoms with E-state index >= 15 is 0 Å². The van der Waals surface area contributed by atoms with Crippen LogP contribution in [0, 0.1) is 0 Å². The summed E-state index contributed by atoms with van der Waals surface area (Å²) in [5, 5.41) is 0. The third kappa shape index (κ3) is 1.93. The van der Waals surface area contributed by atoms with Crippen LogP contribution < -0.4 is 11.2 Å². The molecule has 7 heteroatoms. The van der Waals surface area contributed by atoms with Crippen LogP contribution in [0.3, 0.4) is 0 Å². The minimum absolute atomic E-state index is 0.358. The number of aromatic amines is 1. The molecule has 0 saturated carbocycles. The van der Waals surface area contributed by atoms with Crippen molar-refractivity contribution in [2.45, 2.75) is 6.18 Å². The van der Waals surface area contributed by atoms with Crippen molar-refractivity contribution in [3.8, 4) is 0 Å². The highest BCUT2D eigenvalue weighted by molar-refractivity contribution is 5.90. The maximum Gasteiger partial charge on any atom is 0.421 e. The van der Waals surface area contributed by atoms with Crippen molar-refractivity contribution in [2.75, 3.05) is 0 Å². The van der Waals surface area contributed by atoms with E-state index in [0.717, 1.165) is 0 Å². The number of carbonyl (C=O) groups is 1. The molecule has 4 nitrogen and oxygen atoms in total. The van der Waals surface area contributed by atoms with Crippen molar-refractivity contribution in [3.05, 3.63) is 33.7 Å². The maximum absolute atomic E-state index is 12.0. The molecule has 0 aromatic carbocycles. The zero-order valence-electron chi connectivity index (χ0n) is 6.68. The Morgan fingerprint density at radius 2 is 2.00 bits per heavy atom. The molecule has 0 spiro atoms. The van der Waals surface area contributed by atoms with Gasteiger partial charge in [-0.2, -0.15) is 13.2 Å². The van der Waals surface area contributed by atoms with Gasteiger partial charge in [-0.25, -0.2) is 0 Å². The molecule has 1 amide bonds. The number of rotatable bonds is 1. The van der Waals surface area contributed by atoms with Gasteiger partial charge in [-0.1, -0.05) is 0 Å². The highest BCUT2D eigenvalue weighted by Crippen LogP contribution is 2.25. The molecule has 0 aliphatic rings. The maximum atomic E-state index is 12.0. The van der Waals surface area contributed by atoms with Crippen molar-refractivity contribution in [1.29, 1.82) is 0 Å². The summed E-state index contributed by atoms with van der Waals surface area (Å²) in [5.41, 5.74) is 1.75. The smallest absolute Gasteiger partial charge is 0.364 e. The van der Waals surface area contributed by atoms with Crippen molar-refractivity contribution < 1.29 is 18.0 Å². The first-order valence-electron chi connectivity index (χ1n) is 3.42. The number of hydrogen-bond acceptors (Lipinski definition) is 2.